The molecule has 3 rings (SSSR count). The Morgan fingerprint density at radius 1 is 1.55 bits per heavy atom. The molecule has 22 heavy (non-hydrogen) atoms. The van der Waals surface area contributed by atoms with Gasteiger partial charge in [0.05, 0.1) is 0 Å². The minimum Gasteiger partial charge on any atom is -0.379 e. The highest BCUT2D eigenvalue weighted by molar-refractivity contribution is 7.99. The molecule has 1 saturated heterocycles. The van der Waals surface area contributed by atoms with Crippen molar-refractivity contribution in [1.82, 2.24) is 14.9 Å². The third-order valence-electron chi connectivity index (χ3n) is 3.88. The first-order valence-electron chi connectivity index (χ1n) is 7.23. The van der Waals surface area contributed by atoms with Crippen molar-refractivity contribution in [3.63, 3.8) is 0 Å². The Bertz CT molecular complexity index is 678. The second kappa shape index (κ2) is 6.14. The fourth-order valence-electron chi connectivity index (χ4n) is 2.54. The van der Waals surface area contributed by atoms with Crippen LogP contribution in [0.25, 0.3) is 11.4 Å². The van der Waals surface area contributed by atoms with E-state index in [0.717, 1.165) is 22.7 Å². The number of aromatic nitrogens is 2. The van der Waals surface area contributed by atoms with Crippen LogP contribution in [0, 0.1) is 0 Å². The number of amides is 1. The summed E-state index contributed by atoms with van der Waals surface area (Å²) in [6.45, 7) is 0.407. The smallest absolute Gasteiger partial charge is 0.253 e. The van der Waals surface area contributed by atoms with Crippen LogP contribution in [-0.4, -0.2) is 37.7 Å². The molecule has 0 radical (unpaired) electrons. The molecule has 0 saturated carbocycles. The lowest BCUT2D eigenvalue weighted by molar-refractivity contribution is -0.137. The third kappa shape index (κ3) is 3.03. The zero-order valence-corrected chi connectivity index (χ0v) is 13.3. The fourth-order valence-corrected chi connectivity index (χ4v) is 3.78. The van der Waals surface area contributed by atoms with Gasteiger partial charge >= 0.3 is 0 Å². The fraction of sp³-hybridized carbons (Fsp3) is 0.375. The van der Waals surface area contributed by atoms with Gasteiger partial charge in [-0.05, 0) is 23.8 Å². The molecule has 0 aliphatic carbocycles. The van der Waals surface area contributed by atoms with Gasteiger partial charge < -0.3 is 15.0 Å². The van der Waals surface area contributed by atoms with Gasteiger partial charge in [0.2, 0.25) is 0 Å². The van der Waals surface area contributed by atoms with Crippen LogP contribution < -0.4 is 5.32 Å². The van der Waals surface area contributed by atoms with Gasteiger partial charge in [-0.2, -0.15) is 11.8 Å². The van der Waals surface area contributed by atoms with Crippen LogP contribution in [0.5, 0.6) is 0 Å². The van der Waals surface area contributed by atoms with Crippen molar-refractivity contribution < 1.29 is 9.90 Å². The van der Waals surface area contributed by atoms with Crippen LogP contribution >= 0.6 is 11.8 Å². The molecular weight excluding hydrogens is 298 g/mol. The van der Waals surface area contributed by atoms with Crippen molar-refractivity contribution in [3.05, 3.63) is 42.2 Å². The Morgan fingerprint density at radius 2 is 2.41 bits per heavy atom. The molecule has 1 atom stereocenters. The van der Waals surface area contributed by atoms with E-state index in [0.29, 0.717) is 18.7 Å². The van der Waals surface area contributed by atoms with E-state index >= 15 is 0 Å². The second-order valence-electron chi connectivity index (χ2n) is 5.58. The number of hydrogen-bond acceptors (Lipinski definition) is 4. The number of nitrogens with one attached hydrogen (secondary N) is 1. The molecule has 1 aliphatic rings. The molecule has 0 spiro atoms. The van der Waals surface area contributed by atoms with E-state index in [1.165, 1.54) is 0 Å². The van der Waals surface area contributed by atoms with Crippen LogP contribution in [0.4, 0.5) is 0 Å². The maximum absolute atomic E-state index is 12.1. The SMILES string of the molecule is Cn1ccnc1-c1cccc(CNC(=O)C2(O)CCSC2)c1. The summed E-state index contributed by atoms with van der Waals surface area (Å²) in [5, 5.41) is 13.1. The normalized spacial score (nSPS) is 21.0. The second-order valence-corrected chi connectivity index (χ2v) is 6.68. The third-order valence-corrected chi connectivity index (χ3v) is 5.06. The summed E-state index contributed by atoms with van der Waals surface area (Å²) in [6.07, 6.45) is 4.19. The number of rotatable bonds is 4. The van der Waals surface area contributed by atoms with Gasteiger partial charge in [-0.25, -0.2) is 4.98 Å². The highest BCUT2D eigenvalue weighted by Gasteiger charge is 2.39. The number of aliphatic hydroxyl groups is 1. The largest absolute Gasteiger partial charge is 0.379 e. The van der Waals surface area contributed by atoms with Crippen LogP contribution in [0.1, 0.15) is 12.0 Å². The van der Waals surface area contributed by atoms with E-state index in [9.17, 15) is 9.90 Å². The minimum absolute atomic E-state index is 0.278. The van der Waals surface area contributed by atoms with Crippen molar-refractivity contribution in [3.8, 4) is 11.4 Å². The van der Waals surface area contributed by atoms with Gasteiger partial charge in [-0.3, -0.25) is 4.79 Å². The van der Waals surface area contributed by atoms with Gasteiger partial charge in [0.15, 0.2) is 5.60 Å². The summed E-state index contributed by atoms with van der Waals surface area (Å²) in [7, 11) is 1.95. The lowest BCUT2D eigenvalue weighted by atomic mass is 10.0. The zero-order chi connectivity index (χ0) is 15.6. The molecule has 1 unspecified atom stereocenters. The van der Waals surface area contributed by atoms with Gasteiger partial charge in [-0.15, -0.1) is 0 Å². The van der Waals surface area contributed by atoms with Gasteiger partial charge in [0.1, 0.15) is 5.82 Å². The molecule has 1 aromatic heterocycles. The van der Waals surface area contributed by atoms with Crippen molar-refractivity contribution in [1.29, 1.82) is 0 Å². The first-order chi connectivity index (χ1) is 10.6. The topological polar surface area (TPSA) is 67.2 Å². The van der Waals surface area contributed by atoms with E-state index in [2.05, 4.69) is 10.3 Å². The lowest BCUT2D eigenvalue weighted by Gasteiger charge is -2.20. The van der Waals surface area contributed by atoms with E-state index < -0.39 is 5.60 Å². The summed E-state index contributed by atoms with van der Waals surface area (Å²) in [5.41, 5.74) is 0.791. The Morgan fingerprint density at radius 3 is 3.09 bits per heavy atom. The number of thioether (sulfide) groups is 1. The van der Waals surface area contributed by atoms with Crippen LogP contribution in [0.15, 0.2) is 36.7 Å². The van der Waals surface area contributed by atoms with E-state index in [1.54, 1.807) is 18.0 Å². The summed E-state index contributed by atoms with van der Waals surface area (Å²) < 4.78 is 1.95. The van der Waals surface area contributed by atoms with Crippen molar-refractivity contribution in [2.75, 3.05) is 11.5 Å². The Balaban J connectivity index is 1.69. The van der Waals surface area contributed by atoms with E-state index in [-0.39, 0.29) is 5.91 Å². The molecule has 2 aromatic rings. The highest BCUT2D eigenvalue weighted by atomic mass is 32.2. The number of carbonyl (C=O) groups is 1. The number of benzene rings is 1. The molecule has 2 heterocycles. The summed E-state index contributed by atoms with van der Waals surface area (Å²) in [4.78, 5) is 16.4. The molecule has 6 heteroatoms. The number of aryl methyl sites for hydroxylation is 1. The average Bonchev–Trinajstić information content (AvgIpc) is 3.14. The molecule has 116 valence electrons. The van der Waals surface area contributed by atoms with Crippen LogP contribution in [0.3, 0.4) is 0 Å². The van der Waals surface area contributed by atoms with Crippen molar-refractivity contribution in [2.24, 2.45) is 7.05 Å². The minimum atomic E-state index is -1.21. The standard InChI is InChI=1S/C16H19N3O2S/c1-19-7-6-17-14(19)13-4-2-3-12(9-13)10-18-15(20)16(21)5-8-22-11-16/h2-4,6-7,9,21H,5,8,10-11H2,1H3,(H,18,20). The lowest BCUT2D eigenvalue weighted by Crippen LogP contribution is -2.46. The molecule has 5 nitrogen and oxygen atoms in total. The van der Waals surface area contributed by atoms with Gasteiger partial charge in [0, 0.05) is 37.3 Å². The number of carbonyl (C=O) groups excluding carboxylic acids is 1. The molecule has 1 aromatic carbocycles. The quantitative estimate of drug-likeness (QED) is 0.898. The van der Waals surface area contributed by atoms with E-state index in [4.69, 9.17) is 0 Å². The first-order valence-corrected chi connectivity index (χ1v) is 8.39. The summed E-state index contributed by atoms with van der Waals surface area (Å²) in [6, 6.07) is 7.91. The van der Waals surface area contributed by atoms with Gasteiger partial charge in [-0.1, -0.05) is 18.2 Å². The number of nitrogens with zero attached hydrogens (tertiary/aromatic N) is 2. The summed E-state index contributed by atoms with van der Waals surface area (Å²) >= 11 is 1.61. The monoisotopic (exact) mass is 317 g/mol. The Kier molecular flexibility index (Phi) is 4.22. The Hall–Kier alpha value is -1.79. The molecule has 1 aliphatic heterocycles. The number of imidazole rings is 1. The molecule has 1 amide bonds. The maximum atomic E-state index is 12.1. The predicted molar refractivity (Wildman–Crippen MR) is 87.4 cm³/mol. The molecule has 1 fully saturated rings. The van der Waals surface area contributed by atoms with Crippen molar-refractivity contribution in [2.45, 2.75) is 18.6 Å². The zero-order valence-electron chi connectivity index (χ0n) is 12.5. The van der Waals surface area contributed by atoms with Crippen LogP contribution in [0.2, 0.25) is 0 Å². The van der Waals surface area contributed by atoms with Crippen LogP contribution in [-0.2, 0) is 18.4 Å². The van der Waals surface area contributed by atoms with Gasteiger partial charge in [0.25, 0.3) is 5.91 Å². The molecule has 2 N–H and O–H groups in total. The maximum Gasteiger partial charge on any atom is 0.253 e. The van der Waals surface area contributed by atoms with E-state index in [1.807, 2.05) is 42.1 Å². The Labute approximate surface area is 133 Å². The summed E-state index contributed by atoms with van der Waals surface area (Å²) in [5.74, 6) is 1.92. The number of hydrogen-bond donors (Lipinski definition) is 2. The molecular formula is C16H19N3O2S. The average molecular weight is 317 g/mol. The predicted octanol–water partition coefficient (Wildman–Crippen LogP) is 1.57. The first kappa shape index (κ1) is 15.1. The highest BCUT2D eigenvalue weighted by Crippen LogP contribution is 2.28. The molecule has 0 bridgehead atoms. The van der Waals surface area contributed by atoms with Crippen molar-refractivity contribution >= 4 is 17.7 Å².